The van der Waals surface area contributed by atoms with Crippen molar-refractivity contribution in [2.45, 2.75) is 6.92 Å². The Hall–Kier alpha value is -1.62. The van der Waals surface area contributed by atoms with E-state index in [2.05, 4.69) is 22.5 Å². The van der Waals surface area contributed by atoms with Crippen LogP contribution in [0.2, 0.25) is 0 Å². The summed E-state index contributed by atoms with van der Waals surface area (Å²) in [7, 11) is 1.92. The minimum Gasteiger partial charge on any atom is -0.370 e. The molecule has 0 saturated heterocycles. The fourth-order valence-corrected chi connectivity index (χ4v) is 1.38. The zero-order valence-electron chi connectivity index (χ0n) is 9.66. The molecule has 5 nitrogen and oxygen atoms in total. The van der Waals surface area contributed by atoms with Gasteiger partial charge in [0.25, 0.3) is 0 Å². The van der Waals surface area contributed by atoms with Crippen LogP contribution in [-0.4, -0.2) is 31.0 Å². The van der Waals surface area contributed by atoms with E-state index in [4.69, 9.17) is 5.73 Å². The summed E-state index contributed by atoms with van der Waals surface area (Å²) in [5, 5.41) is 6.26. The van der Waals surface area contributed by atoms with Gasteiger partial charge in [-0.2, -0.15) is 0 Å². The molecule has 1 aromatic rings. The van der Waals surface area contributed by atoms with Crippen LogP contribution < -0.4 is 16.4 Å². The molecule has 1 heterocycles. The van der Waals surface area contributed by atoms with E-state index in [1.807, 2.05) is 7.05 Å². The molecule has 4 N–H and O–H groups in total. The predicted octanol–water partition coefficient (Wildman–Crippen LogP) is 0.448. The molecule has 1 rings (SSSR count). The first-order valence-electron chi connectivity index (χ1n) is 5.27. The van der Waals surface area contributed by atoms with E-state index < -0.39 is 5.91 Å². The first-order chi connectivity index (χ1) is 7.63. The minimum absolute atomic E-state index is 0.436. The fourth-order valence-electron chi connectivity index (χ4n) is 1.38. The van der Waals surface area contributed by atoms with Gasteiger partial charge in [0.05, 0.1) is 0 Å². The van der Waals surface area contributed by atoms with Gasteiger partial charge >= 0.3 is 0 Å². The average Bonchev–Trinajstić information content (AvgIpc) is 2.27. The molecule has 16 heavy (non-hydrogen) atoms. The van der Waals surface area contributed by atoms with E-state index in [1.54, 1.807) is 18.3 Å². The first kappa shape index (κ1) is 12.4. The number of carbonyl (C=O) groups excluding carboxylic acids is 1. The van der Waals surface area contributed by atoms with Crippen molar-refractivity contribution in [3.8, 4) is 0 Å². The van der Waals surface area contributed by atoms with Gasteiger partial charge in [0.1, 0.15) is 5.82 Å². The summed E-state index contributed by atoms with van der Waals surface area (Å²) in [6.07, 6.45) is 1.57. The molecule has 0 aliphatic rings. The van der Waals surface area contributed by atoms with Crippen molar-refractivity contribution < 1.29 is 4.79 Å². The maximum absolute atomic E-state index is 11.0. The van der Waals surface area contributed by atoms with Crippen LogP contribution in [0.1, 0.15) is 17.3 Å². The SMILES string of the molecule is CNCC(C)CNc1cc(C(N)=O)ccn1. The highest BCUT2D eigenvalue weighted by Crippen LogP contribution is 2.06. The molecule has 0 bridgehead atoms. The van der Waals surface area contributed by atoms with Crippen LogP contribution in [0.5, 0.6) is 0 Å². The molecular formula is C11H18N4O. The van der Waals surface area contributed by atoms with E-state index in [9.17, 15) is 4.79 Å². The monoisotopic (exact) mass is 222 g/mol. The van der Waals surface area contributed by atoms with Crippen LogP contribution >= 0.6 is 0 Å². The highest BCUT2D eigenvalue weighted by atomic mass is 16.1. The molecule has 1 unspecified atom stereocenters. The summed E-state index contributed by atoms with van der Waals surface area (Å²) in [4.78, 5) is 15.1. The first-order valence-corrected chi connectivity index (χ1v) is 5.27. The van der Waals surface area contributed by atoms with E-state index in [1.165, 1.54) is 0 Å². The molecule has 0 aliphatic heterocycles. The second-order valence-electron chi connectivity index (χ2n) is 3.84. The summed E-state index contributed by atoms with van der Waals surface area (Å²) in [6.45, 7) is 3.86. The number of primary amides is 1. The third-order valence-electron chi connectivity index (χ3n) is 2.23. The van der Waals surface area contributed by atoms with Crippen LogP contribution in [0.3, 0.4) is 0 Å². The molecule has 0 aromatic carbocycles. The normalized spacial score (nSPS) is 12.1. The highest BCUT2D eigenvalue weighted by Gasteiger charge is 2.04. The number of carbonyl (C=O) groups is 1. The summed E-state index contributed by atoms with van der Waals surface area (Å²) >= 11 is 0. The fraction of sp³-hybridized carbons (Fsp3) is 0.455. The summed E-state index contributed by atoms with van der Waals surface area (Å²) in [5.41, 5.74) is 5.65. The Kier molecular flexibility index (Phi) is 4.72. The molecule has 88 valence electrons. The smallest absolute Gasteiger partial charge is 0.248 e. The molecule has 0 spiro atoms. The summed E-state index contributed by atoms with van der Waals surface area (Å²) < 4.78 is 0. The third kappa shape index (κ3) is 3.86. The van der Waals surface area contributed by atoms with E-state index >= 15 is 0 Å². The highest BCUT2D eigenvalue weighted by molar-refractivity contribution is 5.93. The number of hydrogen-bond donors (Lipinski definition) is 3. The van der Waals surface area contributed by atoms with E-state index in [0.717, 1.165) is 13.1 Å². The number of rotatable bonds is 6. The van der Waals surface area contributed by atoms with Gasteiger partial charge in [-0.3, -0.25) is 4.79 Å². The number of hydrogen-bond acceptors (Lipinski definition) is 4. The maximum Gasteiger partial charge on any atom is 0.248 e. The Balaban J connectivity index is 2.54. The maximum atomic E-state index is 11.0. The predicted molar refractivity (Wildman–Crippen MR) is 64.3 cm³/mol. The van der Waals surface area contributed by atoms with Crippen molar-refractivity contribution in [3.05, 3.63) is 23.9 Å². The zero-order valence-corrected chi connectivity index (χ0v) is 9.66. The second kappa shape index (κ2) is 6.07. The number of nitrogens with one attached hydrogen (secondary N) is 2. The van der Waals surface area contributed by atoms with Gasteiger partial charge in [-0.05, 0) is 31.6 Å². The number of amides is 1. The molecule has 1 atom stereocenters. The van der Waals surface area contributed by atoms with Crippen molar-refractivity contribution in [2.24, 2.45) is 11.7 Å². The molecule has 5 heteroatoms. The average molecular weight is 222 g/mol. The number of nitrogens with zero attached hydrogens (tertiary/aromatic N) is 1. The summed E-state index contributed by atoms with van der Waals surface area (Å²) in [6, 6.07) is 3.26. The van der Waals surface area contributed by atoms with Gasteiger partial charge < -0.3 is 16.4 Å². The Morgan fingerprint density at radius 1 is 1.56 bits per heavy atom. The number of aromatic nitrogens is 1. The van der Waals surface area contributed by atoms with Crippen LogP contribution in [0.15, 0.2) is 18.3 Å². The molecule has 0 aliphatic carbocycles. The van der Waals surface area contributed by atoms with Crippen molar-refractivity contribution >= 4 is 11.7 Å². The number of anilines is 1. The van der Waals surface area contributed by atoms with Crippen molar-refractivity contribution in [3.63, 3.8) is 0 Å². The Morgan fingerprint density at radius 3 is 2.94 bits per heavy atom. The molecule has 0 saturated carbocycles. The topological polar surface area (TPSA) is 80.0 Å². The molecule has 1 aromatic heterocycles. The minimum atomic E-state index is -0.436. The van der Waals surface area contributed by atoms with E-state index in [-0.39, 0.29) is 0 Å². The van der Waals surface area contributed by atoms with Gasteiger partial charge in [0, 0.05) is 18.3 Å². The van der Waals surface area contributed by atoms with Crippen molar-refractivity contribution in [1.29, 1.82) is 0 Å². The van der Waals surface area contributed by atoms with Crippen LogP contribution in [0.25, 0.3) is 0 Å². The Morgan fingerprint density at radius 2 is 2.31 bits per heavy atom. The van der Waals surface area contributed by atoms with Gasteiger partial charge in [-0.1, -0.05) is 6.92 Å². The van der Waals surface area contributed by atoms with Crippen molar-refractivity contribution in [2.75, 3.05) is 25.5 Å². The van der Waals surface area contributed by atoms with Crippen LogP contribution in [0.4, 0.5) is 5.82 Å². The molecule has 0 fully saturated rings. The molecule has 1 amide bonds. The Bertz CT molecular complexity index is 354. The van der Waals surface area contributed by atoms with Crippen molar-refractivity contribution in [1.82, 2.24) is 10.3 Å². The second-order valence-corrected chi connectivity index (χ2v) is 3.84. The third-order valence-corrected chi connectivity index (χ3v) is 2.23. The lowest BCUT2D eigenvalue weighted by Crippen LogP contribution is -2.23. The quantitative estimate of drug-likeness (QED) is 0.653. The lowest BCUT2D eigenvalue weighted by molar-refractivity contribution is 0.1000. The largest absolute Gasteiger partial charge is 0.370 e. The zero-order chi connectivity index (χ0) is 12.0. The van der Waals surface area contributed by atoms with Gasteiger partial charge in [-0.25, -0.2) is 4.98 Å². The summed E-state index contributed by atoms with van der Waals surface area (Å²) in [5.74, 6) is 0.733. The van der Waals surface area contributed by atoms with Gasteiger partial charge in [-0.15, -0.1) is 0 Å². The van der Waals surface area contributed by atoms with Crippen LogP contribution in [0, 0.1) is 5.92 Å². The number of nitrogens with two attached hydrogens (primary N) is 1. The van der Waals surface area contributed by atoms with Gasteiger partial charge in [0.15, 0.2) is 0 Å². The molecule has 0 radical (unpaired) electrons. The molecular weight excluding hydrogens is 204 g/mol. The lowest BCUT2D eigenvalue weighted by Gasteiger charge is -2.12. The lowest BCUT2D eigenvalue weighted by atomic mass is 10.2. The number of pyridine rings is 1. The van der Waals surface area contributed by atoms with E-state index in [0.29, 0.717) is 17.3 Å². The van der Waals surface area contributed by atoms with Crippen LogP contribution in [-0.2, 0) is 0 Å². The Labute approximate surface area is 95.4 Å². The van der Waals surface area contributed by atoms with Gasteiger partial charge in [0.2, 0.25) is 5.91 Å². The standard InChI is InChI=1S/C11H18N4O/c1-8(6-13-2)7-15-10-5-9(11(12)16)3-4-14-10/h3-5,8,13H,6-7H2,1-2H3,(H2,12,16)(H,14,15).